The van der Waals surface area contributed by atoms with Crippen LogP contribution in [0.2, 0.25) is 0 Å². The van der Waals surface area contributed by atoms with Gasteiger partial charge in [0.15, 0.2) is 6.10 Å². The Bertz CT molecular complexity index is 1170. The lowest BCUT2D eigenvalue weighted by molar-refractivity contribution is -0.870. The Labute approximate surface area is 356 Å². The molecule has 0 aliphatic carbocycles. The molecule has 0 aliphatic heterocycles. The average Bonchev–Trinajstić information content (AvgIpc) is 3.17. The minimum absolute atomic E-state index is 0.0401. The Morgan fingerprint density at radius 3 is 1.52 bits per heavy atom. The van der Waals surface area contributed by atoms with Gasteiger partial charge in [0.2, 0.25) is 0 Å². The molecule has 0 N–H and O–H groups in total. The molecule has 0 aromatic rings. The maximum atomic E-state index is 12.7. The van der Waals surface area contributed by atoms with Gasteiger partial charge >= 0.3 is 11.9 Å². The number of unbranched alkanes of at least 4 members (excludes halogenated alkanes) is 17. The number of rotatable bonds is 41. The second kappa shape index (κ2) is 40.1. The highest BCUT2D eigenvalue weighted by Gasteiger charge is 2.21. The smallest absolute Gasteiger partial charge is 0.306 e. The highest BCUT2D eigenvalue weighted by Crippen LogP contribution is 2.38. The number of ether oxygens (including phenoxy) is 2. The summed E-state index contributed by atoms with van der Waals surface area (Å²) in [6, 6.07) is 0. The highest BCUT2D eigenvalue weighted by molar-refractivity contribution is 7.45. The molecule has 10 heteroatoms. The van der Waals surface area contributed by atoms with Gasteiger partial charge in [-0.05, 0) is 77.0 Å². The van der Waals surface area contributed by atoms with Crippen LogP contribution in [0.4, 0.5) is 0 Å². The Balaban J connectivity index is 4.38. The predicted molar refractivity (Wildman–Crippen MR) is 240 cm³/mol. The van der Waals surface area contributed by atoms with Crippen LogP contribution < -0.4 is 4.89 Å². The van der Waals surface area contributed by atoms with Crippen molar-refractivity contribution >= 4 is 19.8 Å². The third-order valence-electron chi connectivity index (χ3n) is 9.52. The van der Waals surface area contributed by atoms with E-state index >= 15 is 0 Å². The summed E-state index contributed by atoms with van der Waals surface area (Å²) < 4.78 is 33.9. The van der Waals surface area contributed by atoms with E-state index in [4.69, 9.17) is 18.5 Å². The fraction of sp³-hybridized carbons (Fsp3) is 0.750. The lowest BCUT2D eigenvalue weighted by atomic mass is 10.1. The first-order chi connectivity index (χ1) is 28.0. The van der Waals surface area contributed by atoms with Gasteiger partial charge < -0.3 is 27.9 Å². The molecule has 9 nitrogen and oxygen atoms in total. The fourth-order valence-electron chi connectivity index (χ4n) is 5.93. The number of carbonyl (C=O) groups is 2. The van der Waals surface area contributed by atoms with E-state index in [2.05, 4.69) is 74.6 Å². The van der Waals surface area contributed by atoms with Gasteiger partial charge in [-0.15, -0.1) is 0 Å². The first-order valence-electron chi connectivity index (χ1n) is 23.0. The molecule has 2 atom stereocenters. The number of phosphoric acid groups is 1. The van der Waals surface area contributed by atoms with E-state index in [1.165, 1.54) is 83.5 Å². The van der Waals surface area contributed by atoms with E-state index in [1.807, 2.05) is 21.1 Å². The Kier molecular flexibility index (Phi) is 38.5. The maximum absolute atomic E-state index is 12.7. The van der Waals surface area contributed by atoms with Crippen LogP contribution >= 0.6 is 7.82 Å². The molecule has 0 amide bonds. The molecule has 0 aromatic heterocycles. The van der Waals surface area contributed by atoms with Gasteiger partial charge in [0.05, 0.1) is 27.7 Å². The summed E-state index contributed by atoms with van der Waals surface area (Å²) in [7, 11) is 1.13. The van der Waals surface area contributed by atoms with Crippen LogP contribution in [0, 0.1) is 0 Å². The van der Waals surface area contributed by atoms with E-state index < -0.39 is 32.5 Å². The molecular weight excluding hydrogens is 750 g/mol. The van der Waals surface area contributed by atoms with Gasteiger partial charge in [0, 0.05) is 12.8 Å². The van der Waals surface area contributed by atoms with Crippen LogP contribution in [0.15, 0.2) is 60.8 Å². The number of esters is 2. The first kappa shape index (κ1) is 55.7. The molecule has 0 fully saturated rings. The zero-order valence-corrected chi connectivity index (χ0v) is 38.6. The van der Waals surface area contributed by atoms with E-state index in [0.717, 1.165) is 57.8 Å². The molecule has 0 radical (unpaired) electrons. The Morgan fingerprint density at radius 1 is 0.552 bits per heavy atom. The monoisotopic (exact) mass is 836 g/mol. The number of carbonyl (C=O) groups excluding carboxylic acids is 2. The van der Waals surface area contributed by atoms with Crippen LogP contribution in [0.3, 0.4) is 0 Å². The summed E-state index contributed by atoms with van der Waals surface area (Å²) in [5, 5.41) is 0. The molecule has 0 saturated heterocycles. The topological polar surface area (TPSA) is 111 Å². The largest absolute Gasteiger partial charge is 0.756 e. The summed E-state index contributed by atoms with van der Waals surface area (Å²) in [5.41, 5.74) is 0. The minimum Gasteiger partial charge on any atom is -0.756 e. The highest BCUT2D eigenvalue weighted by atomic mass is 31.2. The maximum Gasteiger partial charge on any atom is 0.306 e. The molecule has 0 aliphatic rings. The summed E-state index contributed by atoms with van der Waals surface area (Å²) in [4.78, 5) is 37.6. The predicted octanol–water partition coefficient (Wildman–Crippen LogP) is 12.6. The quantitative estimate of drug-likeness (QED) is 0.0197. The van der Waals surface area contributed by atoms with Crippen molar-refractivity contribution in [2.24, 2.45) is 0 Å². The second-order valence-corrected chi connectivity index (χ2v) is 17.8. The molecule has 336 valence electrons. The summed E-state index contributed by atoms with van der Waals surface area (Å²) in [6.07, 6.45) is 48.2. The molecule has 58 heavy (non-hydrogen) atoms. The SMILES string of the molecule is CC/C=C/C/C=C/C/C=C/C/C=C/CCCCC(=O)OC[C@H](COP(=O)([O-])OCC[N+](C)(C)C)OC(=O)CCCCCCCCCCC/C=C/CCCCCCCC. The minimum atomic E-state index is -4.64. The lowest BCUT2D eigenvalue weighted by Gasteiger charge is -2.28. The summed E-state index contributed by atoms with van der Waals surface area (Å²) >= 11 is 0. The van der Waals surface area contributed by atoms with Crippen molar-refractivity contribution in [1.82, 2.24) is 0 Å². The van der Waals surface area contributed by atoms with Crippen LogP contribution in [0.1, 0.15) is 181 Å². The van der Waals surface area contributed by atoms with Gasteiger partial charge in [-0.2, -0.15) is 0 Å². The van der Waals surface area contributed by atoms with E-state index in [0.29, 0.717) is 23.9 Å². The van der Waals surface area contributed by atoms with Gasteiger partial charge in [-0.25, -0.2) is 0 Å². The molecule has 0 aromatic carbocycles. The number of quaternary nitrogens is 1. The van der Waals surface area contributed by atoms with Gasteiger partial charge in [0.25, 0.3) is 7.82 Å². The van der Waals surface area contributed by atoms with Gasteiger partial charge in [-0.1, -0.05) is 152 Å². The molecular formula is C48H86NO8P. The molecule has 0 spiro atoms. The standard InChI is InChI=1S/C48H86NO8P/c1-6-8-10-12-14-16-18-20-22-23-24-25-27-29-31-33-35-37-39-41-48(51)57-46(45-56-58(52,53)55-43-42-49(3,4)5)44-54-47(50)40-38-36-34-32-30-28-26-21-19-17-15-13-11-9-7-2/h9,11,15,17,20-22,26,30,32,46H,6-8,10,12-14,16,18-19,23-25,27-29,31,33-45H2,1-5H3/b11-9+,17-15+,22-20+,26-21+,32-30+/t46-/m1/s1. The van der Waals surface area contributed by atoms with Crippen molar-refractivity contribution in [3.8, 4) is 0 Å². The lowest BCUT2D eigenvalue weighted by Crippen LogP contribution is -2.37. The number of allylic oxidation sites excluding steroid dienone is 10. The van der Waals surface area contributed by atoms with Crippen LogP contribution in [0.5, 0.6) is 0 Å². The van der Waals surface area contributed by atoms with Crippen molar-refractivity contribution in [2.45, 2.75) is 187 Å². The zero-order valence-electron chi connectivity index (χ0n) is 37.7. The van der Waals surface area contributed by atoms with Gasteiger partial charge in [-0.3, -0.25) is 14.2 Å². The zero-order chi connectivity index (χ0) is 42.8. The van der Waals surface area contributed by atoms with Crippen LogP contribution in [-0.2, 0) is 32.7 Å². The van der Waals surface area contributed by atoms with Crippen molar-refractivity contribution in [3.63, 3.8) is 0 Å². The number of hydrogen-bond acceptors (Lipinski definition) is 8. The second-order valence-electron chi connectivity index (χ2n) is 16.4. The molecule has 0 bridgehead atoms. The molecule has 1 unspecified atom stereocenters. The van der Waals surface area contributed by atoms with Gasteiger partial charge in [0.1, 0.15) is 19.8 Å². The fourth-order valence-corrected chi connectivity index (χ4v) is 6.66. The molecule has 0 saturated carbocycles. The van der Waals surface area contributed by atoms with Crippen molar-refractivity contribution in [1.29, 1.82) is 0 Å². The van der Waals surface area contributed by atoms with E-state index in [9.17, 15) is 19.0 Å². The first-order valence-corrected chi connectivity index (χ1v) is 24.5. The van der Waals surface area contributed by atoms with Crippen molar-refractivity contribution in [2.75, 3.05) is 47.5 Å². The van der Waals surface area contributed by atoms with E-state index in [1.54, 1.807) is 0 Å². The number of nitrogens with zero attached hydrogens (tertiary/aromatic N) is 1. The Hall–Kier alpha value is -2.29. The van der Waals surface area contributed by atoms with E-state index in [-0.39, 0.29) is 26.1 Å². The van der Waals surface area contributed by atoms with Crippen LogP contribution in [-0.4, -0.2) is 70.0 Å². The van der Waals surface area contributed by atoms with Crippen LogP contribution in [0.25, 0.3) is 0 Å². The number of likely N-dealkylation sites (N-methyl/N-ethyl adjacent to an activating group) is 1. The normalized spacial score (nSPS) is 14.1. The molecule has 0 heterocycles. The number of hydrogen-bond donors (Lipinski definition) is 0. The third kappa shape index (κ3) is 43.3. The van der Waals surface area contributed by atoms with Crippen molar-refractivity contribution < 1.29 is 42.1 Å². The summed E-state index contributed by atoms with van der Waals surface area (Å²) in [6.45, 7) is 4.05. The summed E-state index contributed by atoms with van der Waals surface area (Å²) in [5.74, 6) is -0.887. The number of phosphoric ester groups is 1. The third-order valence-corrected chi connectivity index (χ3v) is 10.5. The molecule has 0 rings (SSSR count). The van der Waals surface area contributed by atoms with Crippen molar-refractivity contribution in [3.05, 3.63) is 60.8 Å². The Morgan fingerprint density at radius 2 is 0.983 bits per heavy atom. The average molecular weight is 836 g/mol.